The van der Waals surface area contributed by atoms with E-state index in [4.69, 9.17) is 25.4 Å². The van der Waals surface area contributed by atoms with Crippen LogP contribution < -0.4 is 5.32 Å². The Morgan fingerprint density at radius 2 is 2.10 bits per heavy atom. The molecule has 4 aromatic rings. The fourth-order valence-electron chi connectivity index (χ4n) is 4.81. The largest absolute Gasteiger partial charge is 0.467 e. The molecule has 0 aliphatic heterocycles. The molecule has 0 saturated carbocycles. The number of benzene rings is 1. The van der Waals surface area contributed by atoms with Crippen LogP contribution in [0.5, 0.6) is 0 Å². The zero-order valence-electron chi connectivity index (χ0n) is 21.8. The summed E-state index contributed by atoms with van der Waals surface area (Å²) in [4.78, 5) is 29.8. The van der Waals surface area contributed by atoms with Crippen LogP contribution in [0.25, 0.3) is 11.3 Å². The van der Waals surface area contributed by atoms with Gasteiger partial charge in [-0.3, -0.25) is 14.9 Å². The Labute approximate surface area is 234 Å². The number of carbonyl (C=O) groups excluding carboxylic acids is 1. The molecule has 1 aliphatic carbocycles. The lowest BCUT2D eigenvalue weighted by molar-refractivity contribution is -0.384. The van der Waals surface area contributed by atoms with Crippen molar-refractivity contribution in [3.8, 4) is 11.3 Å². The molecule has 10 heteroatoms. The highest BCUT2D eigenvalue weighted by molar-refractivity contribution is 7.16. The normalized spacial score (nSPS) is 15.4. The molecule has 202 valence electrons. The lowest BCUT2D eigenvalue weighted by atomic mass is 9.72. The molecule has 1 aliphatic rings. The van der Waals surface area contributed by atoms with Gasteiger partial charge in [-0.2, -0.15) is 0 Å². The maximum atomic E-state index is 13.4. The maximum Gasteiger partial charge on any atom is 0.270 e. The summed E-state index contributed by atoms with van der Waals surface area (Å²) >= 11 is 7.82. The van der Waals surface area contributed by atoms with Crippen molar-refractivity contribution in [2.75, 3.05) is 0 Å². The standard InChI is InChI=1S/C29H28ClN3O5S/c1-29(2,3)17-6-9-22-25(13-17)39-28(26(22)27(34)31-15-19-5-4-12-37-19)32-16-20-8-11-24(38-20)21-10-7-18(33(35)36)14-23(21)30/h4-5,7-8,10-12,14,16-17H,6,9,13,15H2,1-3H3,(H,31,34)/t17-/m1/s1. The number of thiophene rings is 1. The average Bonchev–Trinajstić information content (AvgIpc) is 3.65. The summed E-state index contributed by atoms with van der Waals surface area (Å²) in [5, 5.41) is 14.8. The maximum absolute atomic E-state index is 13.4. The lowest BCUT2D eigenvalue weighted by Gasteiger charge is -2.33. The Hall–Kier alpha value is -3.69. The molecule has 1 aromatic carbocycles. The molecule has 1 N–H and O–H groups in total. The molecule has 0 unspecified atom stereocenters. The predicted molar refractivity (Wildman–Crippen MR) is 152 cm³/mol. The fourth-order valence-corrected chi connectivity index (χ4v) is 6.35. The van der Waals surface area contributed by atoms with Crippen LogP contribution in [0.15, 0.2) is 62.6 Å². The number of nitro benzene ring substituents is 1. The number of amides is 1. The Morgan fingerprint density at radius 3 is 2.79 bits per heavy atom. The van der Waals surface area contributed by atoms with Gasteiger partial charge in [-0.05, 0) is 66.5 Å². The van der Waals surface area contributed by atoms with Gasteiger partial charge < -0.3 is 14.2 Å². The summed E-state index contributed by atoms with van der Waals surface area (Å²) in [6.07, 6.45) is 5.94. The number of fused-ring (bicyclic) bond motifs is 1. The van der Waals surface area contributed by atoms with Crippen LogP contribution in [0, 0.1) is 21.4 Å². The highest BCUT2D eigenvalue weighted by Gasteiger charge is 2.33. The molecule has 1 amide bonds. The van der Waals surface area contributed by atoms with E-state index < -0.39 is 4.92 Å². The summed E-state index contributed by atoms with van der Waals surface area (Å²) in [7, 11) is 0. The first-order chi connectivity index (χ1) is 18.6. The van der Waals surface area contributed by atoms with Crippen molar-refractivity contribution in [1.29, 1.82) is 0 Å². The summed E-state index contributed by atoms with van der Waals surface area (Å²) < 4.78 is 11.3. The van der Waals surface area contributed by atoms with E-state index in [0.717, 1.165) is 24.8 Å². The summed E-state index contributed by atoms with van der Waals surface area (Å²) in [5.74, 6) is 1.96. The topological polar surface area (TPSA) is 111 Å². The number of nitrogens with zero attached hydrogens (tertiary/aromatic N) is 2. The van der Waals surface area contributed by atoms with E-state index >= 15 is 0 Å². The van der Waals surface area contributed by atoms with E-state index in [0.29, 0.717) is 45.9 Å². The van der Waals surface area contributed by atoms with Crippen LogP contribution in [0.3, 0.4) is 0 Å². The summed E-state index contributed by atoms with van der Waals surface area (Å²) in [6.45, 7) is 7.08. The number of hydrogen-bond donors (Lipinski definition) is 1. The van der Waals surface area contributed by atoms with Gasteiger partial charge in [0.25, 0.3) is 11.6 Å². The monoisotopic (exact) mass is 565 g/mol. The second kappa shape index (κ2) is 10.8. The molecule has 0 radical (unpaired) electrons. The van der Waals surface area contributed by atoms with Crippen LogP contribution in [-0.4, -0.2) is 17.0 Å². The SMILES string of the molecule is CC(C)(C)[C@@H]1CCc2c(sc(N=Cc3ccc(-c4ccc([N+](=O)[O-])cc4Cl)o3)c2C(=O)NCc2ccco2)C1. The van der Waals surface area contributed by atoms with Crippen LogP contribution in [0.4, 0.5) is 10.7 Å². The number of hydrogen-bond acceptors (Lipinski definition) is 7. The minimum absolute atomic E-state index is 0.0923. The number of rotatable bonds is 7. The minimum Gasteiger partial charge on any atom is -0.467 e. The Balaban J connectivity index is 1.43. The van der Waals surface area contributed by atoms with Crippen molar-refractivity contribution in [3.05, 3.63) is 91.4 Å². The summed E-state index contributed by atoms with van der Waals surface area (Å²) in [6, 6.07) is 11.3. The number of nitro groups is 1. The molecule has 0 spiro atoms. The molecule has 5 rings (SSSR count). The first kappa shape index (κ1) is 26.9. The second-order valence-electron chi connectivity index (χ2n) is 10.6. The van der Waals surface area contributed by atoms with Crippen LogP contribution >= 0.6 is 22.9 Å². The molecular weight excluding hydrogens is 538 g/mol. The third-order valence-corrected chi connectivity index (χ3v) is 8.54. The van der Waals surface area contributed by atoms with Gasteiger partial charge >= 0.3 is 0 Å². The van der Waals surface area contributed by atoms with Gasteiger partial charge in [-0.15, -0.1) is 11.3 Å². The minimum atomic E-state index is -0.497. The van der Waals surface area contributed by atoms with E-state index in [1.54, 1.807) is 48.1 Å². The van der Waals surface area contributed by atoms with Crippen LogP contribution in [0.2, 0.25) is 5.02 Å². The number of halogens is 1. The van der Waals surface area contributed by atoms with Crippen molar-refractivity contribution in [2.45, 2.75) is 46.6 Å². The van der Waals surface area contributed by atoms with Crippen LogP contribution in [0.1, 0.15) is 59.5 Å². The van der Waals surface area contributed by atoms with E-state index in [2.05, 4.69) is 26.1 Å². The van der Waals surface area contributed by atoms with Gasteiger partial charge in [0, 0.05) is 22.6 Å². The van der Waals surface area contributed by atoms with Gasteiger partial charge in [0.15, 0.2) is 0 Å². The quantitative estimate of drug-likeness (QED) is 0.139. The molecule has 39 heavy (non-hydrogen) atoms. The number of aliphatic imine (C=N–C) groups is 1. The van der Waals surface area contributed by atoms with Crippen molar-refractivity contribution in [3.63, 3.8) is 0 Å². The molecule has 1 atom stereocenters. The zero-order valence-corrected chi connectivity index (χ0v) is 23.4. The molecule has 0 bridgehead atoms. The molecule has 8 nitrogen and oxygen atoms in total. The summed E-state index contributed by atoms with van der Waals surface area (Å²) in [5.41, 5.74) is 2.30. The number of non-ortho nitro benzene ring substituents is 1. The number of carbonyl (C=O) groups is 1. The predicted octanol–water partition coefficient (Wildman–Crippen LogP) is 7.99. The first-order valence-electron chi connectivity index (χ1n) is 12.6. The van der Waals surface area contributed by atoms with E-state index in [-0.39, 0.29) is 22.0 Å². The van der Waals surface area contributed by atoms with E-state index in [1.165, 1.54) is 17.0 Å². The third-order valence-electron chi connectivity index (χ3n) is 7.07. The Bertz CT molecular complexity index is 1550. The average molecular weight is 566 g/mol. The lowest BCUT2D eigenvalue weighted by Crippen LogP contribution is -2.28. The van der Waals surface area contributed by atoms with Gasteiger partial charge in [0.1, 0.15) is 22.3 Å². The molecule has 0 fully saturated rings. The van der Waals surface area contributed by atoms with Crippen molar-refractivity contribution >= 4 is 45.7 Å². The second-order valence-corrected chi connectivity index (χ2v) is 12.1. The molecule has 3 heterocycles. The molecule has 0 saturated heterocycles. The number of nitrogens with one attached hydrogen (secondary N) is 1. The smallest absolute Gasteiger partial charge is 0.270 e. The highest BCUT2D eigenvalue weighted by Crippen LogP contribution is 2.45. The van der Waals surface area contributed by atoms with Gasteiger partial charge in [-0.1, -0.05) is 32.4 Å². The highest BCUT2D eigenvalue weighted by atomic mass is 35.5. The fraction of sp³-hybridized carbons (Fsp3) is 0.310. The van der Waals surface area contributed by atoms with E-state index in [1.807, 2.05) is 6.07 Å². The molecular formula is C29H28ClN3O5S. The van der Waals surface area contributed by atoms with Gasteiger partial charge in [-0.25, -0.2) is 4.99 Å². The Kier molecular flexibility index (Phi) is 7.46. The van der Waals surface area contributed by atoms with Crippen LogP contribution in [-0.2, 0) is 19.4 Å². The van der Waals surface area contributed by atoms with Gasteiger partial charge in [0.05, 0.1) is 34.5 Å². The van der Waals surface area contributed by atoms with Gasteiger partial charge in [0.2, 0.25) is 0 Å². The third kappa shape index (κ3) is 5.84. The zero-order chi connectivity index (χ0) is 27.7. The van der Waals surface area contributed by atoms with E-state index in [9.17, 15) is 14.9 Å². The number of furan rings is 2. The first-order valence-corrected chi connectivity index (χ1v) is 13.8. The Morgan fingerprint density at radius 1 is 1.28 bits per heavy atom. The molecule has 3 aromatic heterocycles. The van der Waals surface area contributed by atoms with Crippen molar-refractivity contribution < 1.29 is 18.6 Å². The van der Waals surface area contributed by atoms with Crippen molar-refractivity contribution in [1.82, 2.24) is 5.32 Å². The van der Waals surface area contributed by atoms with Crippen molar-refractivity contribution in [2.24, 2.45) is 16.3 Å².